The third kappa shape index (κ3) is 4.10. The van der Waals surface area contributed by atoms with E-state index < -0.39 is 0 Å². The summed E-state index contributed by atoms with van der Waals surface area (Å²) in [7, 11) is 0. The van der Waals surface area contributed by atoms with Crippen LogP contribution >= 0.6 is 0 Å². The lowest BCUT2D eigenvalue weighted by Crippen LogP contribution is -2.35. The van der Waals surface area contributed by atoms with Gasteiger partial charge in [-0.3, -0.25) is 0 Å². The zero-order valence-electron chi connectivity index (χ0n) is 9.05. The van der Waals surface area contributed by atoms with Crippen molar-refractivity contribution in [3.63, 3.8) is 0 Å². The van der Waals surface area contributed by atoms with E-state index in [9.17, 15) is 5.11 Å². The molecule has 0 aliphatic heterocycles. The lowest BCUT2D eigenvalue weighted by Gasteiger charge is -2.29. The summed E-state index contributed by atoms with van der Waals surface area (Å²) in [5, 5.41) is 9.79. The first-order valence-corrected chi connectivity index (χ1v) is 5.35. The number of aliphatic hydroxyl groups is 1. The quantitative estimate of drug-likeness (QED) is 0.637. The van der Waals surface area contributed by atoms with Crippen molar-refractivity contribution in [2.24, 2.45) is 0 Å². The predicted octanol–water partition coefficient (Wildman–Crippen LogP) is 2.50. The molecule has 1 N–H and O–H groups in total. The van der Waals surface area contributed by atoms with E-state index in [1.165, 1.54) is 12.8 Å². The van der Waals surface area contributed by atoms with Gasteiger partial charge in [-0.1, -0.05) is 19.3 Å². The Morgan fingerprint density at radius 3 is 2.31 bits per heavy atom. The van der Waals surface area contributed by atoms with Gasteiger partial charge in [0.15, 0.2) is 0 Å². The van der Waals surface area contributed by atoms with Gasteiger partial charge in [0.2, 0.25) is 0 Å². The number of ether oxygens (including phenoxy) is 1. The Balaban J connectivity index is 2.45. The van der Waals surface area contributed by atoms with Gasteiger partial charge in [-0.15, -0.1) is 0 Å². The van der Waals surface area contributed by atoms with Crippen molar-refractivity contribution in [2.75, 3.05) is 0 Å². The van der Waals surface area contributed by atoms with Gasteiger partial charge in [0.25, 0.3) is 0 Å². The average Bonchev–Trinajstić information content (AvgIpc) is 2.14. The fourth-order valence-electron chi connectivity index (χ4n) is 1.85. The summed E-state index contributed by atoms with van der Waals surface area (Å²) in [4.78, 5) is 0. The van der Waals surface area contributed by atoms with Crippen LogP contribution in [-0.4, -0.2) is 22.9 Å². The maximum Gasteiger partial charge on any atom is 0.0841 e. The molecule has 2 nitrogen and oxygen atoms in total. The molecule has 0 bridgehead atoms. The summed E-state index contributed by atoms with van der Waals surface area (Å²) in [5.41, 5.74) is -0.129. The summed E-state index contributed by atoms with van der Waals surface area (Å²) in [6.45, 7) is 6.14. The Labute approximate surface area is 81.3 Å². The minimum absolute atomic E-state index is 0.0579. The molecule has 1 aliphatic rings. The topological polar surface area (TPSA) is 29.5 Å². The largest absolute Gasteiger partial charge is 0.390 e. The van der Waals surface area contributed by atoms with Crippen LogP contribution < -0.4 is 0 Å². The van der Waals surface area contributed by atoms with Gasteiger partial charge >= 0.3 is 0 Å². The second kappa shape index (κ2) is 4.43. The molecule has 0 saturated heterocycles. The molecular formula is C11H22O2. The molecule has 1 rings (SSSR count). The van der Waals surface area contributed by atoms with Crippen molar-refractivity contribution in [1.29, 1.82) is 0 Å². The summed E-state index contributed by atoms with van der Waals surface area (Å²) in [6.07, 6.45) is 5.30. The molecule has 0 aromatic carbocycles. The van der Waals surface area contributed by atoms with Gasteiger partial charge in [0.1, 0.15) is 0 Å². The van der Waals surface area contributed by atoms with Gasteiger partial charge in [0.05, 0.1) is 17.8 Å². The molecule has 2 unspecified atom stereocenters. The first kappa shape index (κ1) is 11.0. The SMILES string of the molecule is CC(C)(C)OC1CCCCCC1O. The lowest BCUT2D eigenvalue weighted by molar-refractivity contribution is -0.112. The van der Waals surface area contributed by atoms with Crippen molar-refractivity contribution in [3.05, 3.63) is 0 Å². The Morgan fingerprint density at radius 2 is 1.69 bits per heavy atom. The second-order valence-corrected chi connectivity index (χ2v) is 4.97. The van der Waals surface area contributed by atoms with Gasteiger partial charge in [-0.2, -0.15) is 0 Å². The summed E-state index contributed by atoms with van der Waals surface area (Å²) < 4.78 is 5.82. The van der Waals surface area contributed by atoms with Gasteiger partial charge < -0.3 is 9.84 Å². The lowest BCUT2D eigenvalue weighted by atomic mass is 10.1. The van der Waals surface area contributed by atoms with Crippen LogP contribution in [0.4, 0.5) is 0 Å². The Kier molecular flexibility index (Phi) is 3.74. The Morgan fingerprint density at radius 1 is 1.08 bits per heavy atom. The molecule has 0 spiro atoms. The molecule has 2 heteroatoms. The smallest absolute Gasteiger partial charge is 0.0841 e. The molecule has 13 heavy (non-hydrogen) atoms. The zero-order chi connectivity index (χ0) is 9.90. The van der Waals surface area contributed by atoms with Gasteiger partial charge in [-0.05, 0) is 33.6 Å². The Hall–Kier alpha value is -0.0800. The highest BCUT2D eigenvalue weighted by atomic mass is 16.5. The van der Waals surface area contributed by atoms with Crippen molar-refractivity contribution >= 4 is 0 Å². The fourth-order valence-corrected chi connectivity index (χ4v) is 1.85. The van der Waals surface area contributed by atoms with Gasteiger partial charge in [-0.25, -0.2) is 0 Å². The van der Waals surface area contributed by atoms with Crippen LogP contribution in [0.3, 0.4) is 0 Å². The Bertz CT molecular complexity index is 149. The minimum atomic E-state index is -0.248. The molecule has 0 heterocycles. The van der Waals surface area contributed by atoms with Crippen LogP contribution in [0.15, 0.2) is 0 Å². The molecule has 0 aromatic rings. The van der Waals surface area contributed by atoms with E-state index >= 15 is 0 Å². The first-order chi connectivity index (χ1) is 5.99. The van der Waals surface area contributed by atoms with E-state index in [4.69, 9.17) is 4.74 Å². The van der Waals surface area contributed by atoms with Crippen LogP contribution in [0.25, 0.3) is 0 Å². The third-order valence-electron chi connectivity index (χ3n) is 2.42. The molecule has 78 valence electrons. The summed E-state index contributed by atoms with van der Waals surface area (Å²) in [5.74, 6) is 0. The molecule has 0 aromatic heterocycles. The molecule has 1 aliphatic carbocycles. The molecule has 2 atom stereocenters. The van der Waals surface area contributed by atoms with E-state index in [2.05, 4.69) is 0 Å². The summed E-state index contributed by atoms with van der Waals surface area (Å²) >= 11 is 0. The van der Waals surface area contributed by atoms with Crippen molar-refractivity contribution in [1.82, 2.24) is 0 Å². The van der Waals surface area contributed by atoms with Crippen molar-refractivity contribution in [2.45, 2.75) is 70.7 Å². The molecule has 0 radical (unpaired) electrons. The molecule has 1 fully saturated rings. The van der Waals surface area contributed by atoms with Crippen LogP contribution in [-0.2, 0) is 4.74 Å². The number of rotatable bonds is 1. The minimum Gasteiger partial charge on any atom is -0.390 e. The normalized spacial score (nSPS) is 31.4. The molecular weight excluding hydrogens is 164 g/mol. The van der Waals surface area contributed by atoms with E-state index in [1.54, 1.807) is 0 Å². The average molecular weight is 186 g/mol. The van der Waals surface area contributed by atoms with Crippen LogP contribution in [0.2, 0.25) is 0 Å². The second-order valence-electron chi connectivity index (χ2n) is 4.97. The van der Waals surface area contributed by atoms with E-state index in [-0.39, 0.29) is 17.8 Å². The van der Waals surface area contributed by atoms with Crippen LogP contribution in [0.1, 0.15) is 52.9 Å². The number of hydrogen-bond acceptors (Lipinski definition) is 2. The van der Waals surface area contributed by atoms with E-state index in [0.29, 0.717) is 0 Å². The fraction of sp³-hybridized carbons (Fsp3) is 1.00. The third-order valence-corrected chi connectivity index (χ3v) is 2.42. The predicted molar refractivity (Wildman–Crippen MR) is 53.7 cm³/mol. The van der Waals surface area contributed by atoms with Crippen molar-refractivity contribution < 1.29 is 9.84 Å². The first-order valence-electron chi connectivity index (χ1n) is 5.35. The van der Waals surface area contributed by atoms with Crippen LogP contribution in [0.5, 0.6) is 0 Å². The van der Waals surface area contributed by atoms with Crippen LogP contribution in [0, 0.1) is 0 Å². The maximum atomic E-state index is 9.79. The van der Waals surface area contributed by atoms with Crippen molar-refractivity contribution in [3.8, 4) is 0 Å². The number of aliphatic hydroxyl groups excluding tert-OH is 1. The standard InChI is InChI=1S/C11H22O2/c1-11(2,3)13-10-8-6-4-5-7-9(10)12/h9-10,12H,4-8H2,1-3H3. The monoisotopic (exact) mass is 186 g/mol. The molecule has 0 amide bonds. The highest BCUT2D eigenvalue weighted by molar-refractivity contribution is 4.76. The summed E-state index contributed by atoms with van der Waals surface area (Å²) in [6, 6.07) is 0. The van der Waals surface area contributed by atoms with E-state index in [1.807, 2.05) is 20.8 Å². The highest BCUT2D eigenvalue weighted by Gasteiger charge is 2.26. The molecule has 1 saturated carbocycles. The van der Waals surface area contributed by atoms with E-state index in [0.717, 1.165) is 19.3 Å². The maximum absolute atomic E-state index is 9.79. The van der Waals surface area contributed by atoms with Gasteiger partial charge in [0, 0.05) is 0 Å². The highest BCUT2D eigenvalue weighted by Crippen LogP contribution is 2.24. The number of hydrogen-bond donors (Lipinski definition) is 1. The zero-order valence-corrected chi connectivity index (χ0v) is 9.05.